The van der Waals surface area contributed by atoms with Gasteiger partial charge < -0.3 is 15.3 Å². The molecule has 144 valence electrons. The van der Waals surface area contributed by atoms with E-state index in [9.17, 15) is 15.2 Å². The van der Waals surface area contributed by atoms with Crippen molar-refractivity contribution >= 4 is 34.7 Å². The van der Waals surface area contributed by atoms with Crippen LogP contribution in [0.3, 0.4) is 0 Å². The molecule has 1 saturated heterocycles. The van der Waals surface area contributed by atoms with Crippen molar-refractivity contribution < 1.29 is 10.0 Å². The number of nitrogens with zero attached hydrogens (tertiary/aromatic N) is 4. The number of halogens is 1. The molecule has 1 aliphatic rings. The number of hydrogen-bond acceptors (Lipinski definition) is 7. The highest BCUT2D eigenvalue weighted by molar-refractivity contribution is 6.32. The highest BCUT2D eigenvalue weighted by Gasteiger charge is 2.26. The van der Waals surface area contributed by atoms with Gasteiger partial charge in [0.1, 0.15) is 10.8 Å². The Morgan fingerprint density at radius 2 is 2.22 bits per heavy atom. The summed E-state index contributed by atoms with van der Waals surface area (Å²) in [6.07, 6.45) is 3.66. The zero-order valence-electron chi connectivity index (χ0n) is 15.1. The summed E-state index contributed by atoms with van der Waals surface area (Å²) in [5.74, 6) is 1.13. The van der Waals surface area contributed by atoms with E-state index < -0.39 is 4.92 Å². The first kappa shape index (κ1) is 19.3. The molecule has 2 aromatic rings. The number of nitro benzene ring substituents is 1. The number of benzene rings is 1. The molecule has 1 fully saturated rings. The topological polar surface area (TPSA) is 104 Å². The summed E-state index contributed by atoms with van der Waals surface area (Å²) in [5.41, 5.74) is 1.20. The zero-order chi connectivity index (χ0) is 19.4. The second kappa shape index (κ2) is 8.49. The van der Waals surface area contributed by atoms with Crippen molar-refractivity contribution in [3.8, 4) is 0 Å². The van der Waals surface area contributed by atoms with Crippen LogP contribution in [0.1, 0.15) is 31.9 Å². The average Bonchev–Trinajstić information content (AvgIpc) is 3.12. The largest absolute Gasteiger partial charge is 0.394 e. The van der Waals surface area contributed by atoms with Crippen LogP contribution in [-0.2, 0) is 6.42 Å². The number of nitrogens with one attached hydrogen (secondary N) is 1. The van der Waals surface area contributed by atoms with Gasteiger partial charge in [-0.25, -0.2) is 4.98 Å². The fourth-order valence-corrected chi connectivity index (χ4v) is 3.44. The number of rotatable bonds is 7. The van der Waals surface area contributed by atoms with E-state index in [0.29, 0.717) is 11.6 Å². The summed E-state index contributed by atoms with van der Waals surface area (Å²) >= 11 is 5.87. The van der Waals surface area contributed by atoms with Crippen LogP contribution in [0, 0.1) is 10.1 Å². The molecule has 2 N–H and O–H groups in total. The summed E-state index contributed by atoms with van der Waals surface area (Å²) in [6, 6.07) is 6.49. The zero-order valence-corrected chi connectivity index (χ0v) is 15.8. The summed E-state index contributed by atoms with van der Waals surface area (Å²) in [6.45, 7) is 2.99. The van der Waals surface area contributed by atoms with E-state index in [0.717, 1.165) is 43.7 Å². The van der Waals surface area contributed by atoms with Crippen LogP contribution < -0.4 is 10.2 Å². The van der Waals surface area contributed by atoms with Crippen molar-refractivity contribution in [2.45, 2.75) is 38.6 Å². The summed E-state index contributed by atoms with van der Waals surface area (Å²) in [5, 5.41) is 23.8. The molecule has 0 bridgehead atoms. The molecule has 2 heterocycles. The number of nitro groups is 1. The first-order valence-corrected chi connectivity index (χ1v) is 9.36. The van der Waals surface area contributed by atoms with E-state index in [-0.39, 0.29) is 23.4 Å². The minimum absolute atomic E-state index is 0.0545. The van der Waals surface area contributed by atoms with Crippen LogP contribution in [0.25, 0.3) is 0 Å². The molecule has 0 unspecified atom stereocenters. The van der Waals surface area contributed by atoms with Crippen LogP contribution in [-0.4, -0.2) is 39.2 Å². The van der Waals surface area contributed by atoms with Gasteiger partial charge in [0.2, 0.25) is 5.95 Å². The Morgan fingerprint density at radius 1 is 1.41 bits per heavy atom. The minimum Gasteiger partial charge on any atom is -0.394 e. The fraction of sp³-hybridized carbons (Fsp3) is 0.444. The normalized spacial score (nSPS) is 16.6. The van der Waals surface area contributed by atoms with Crippen molar-refractivity contribution in [1.82, 2.24) is 9.97 Å². The fourth-order valence-electron chi connectivity index (χ4n) is 3.26. The predicted octanol–water partition coefficient (Wildman–Crippen LogP) is 3.70. The van der Waals surface area contributed by atoms with E-state index in [1.807, 2.05) is 6.07 Å². The van der Waals surface area contributed by atoms with Gasteiger partial charge in [0.05, 0.1) is 17.6 Å². The maximum Gasteiger partial charge on any atom is 0.289 e. The van der Waals surface area contributed by atoms with Crippen molar-refractivity contribution in [2.75, 3.05) is 23.4 Å². The third-order valence-electron chi connectivity index (χ3n) is 4.55. The third-order valence-corrected chi connectivity index (χ3v) is 4.87. The monoisotopic (exact) mass is 391 g/mol. The standard InChI is InChI=1S/C18H22ClN5O3/c1-2-4-12-10-17(23-8-3-5-14(23)11-25)22-18(20-12)21-13-6-7-15(19)16(9-13)24(26)27/h6-7,9-10,14,25H,2-5,8,11H2,1H3,(H,20,21,22)/t14-/m0/s1. The van der Waals surface area contributed by atoms with E-state index in [4.69, 9.17) is 11.6 Å². The molecule has 9 heteroatoms. The lowest BCUT2D eigenvalue weighted by molar-refractivity contribution is -0.384. The molecule has 8 nitrogen and oxygen atoms in total. The molecule has 1 aromatic heterocycles. The number of aliphatic hydroxyl groups excluding tert-OH is 1. The summed E-state index contributed by atoms with van der Waals surface area (Å²) < 4.78 is 0. The van der Waals surface area contributed by atoms with Gasteiger partial charge in [-0.1, -0.05) is 24.9 Å². The van der Waals surface area contributed by atoms with E-state index >= 15 is 0 Å². The van der Waals surface area contributed by atoms with E-state index in [2.05, 4.69) is 27.1 Å². The highest BCUT2D eigenvalue weighted by atomic mass is 35.5. The van der Waals surface area contributed by atoms with Gasteiger partial charge in [0.15, 0.2) is 0 Å². The summed E-state index contributed by atoms with van der Waals surface area (Å²) in [7, 11) is 0. The van der Waals surface area contributed by atoms with Crippen molar-refractivity contribution in [2.24, 2.45) is 0 Å². The van der Waals surface area contributed by atoms with Gasteiger partial charge in [-0.15, -0.1) is 0 Å². The van der Waals surface area contributed by atoms with Crippen LogP contribution in [0.5, 0.6) is 0 Å². The van der Waals surface area contributed by atoms with Crippen LogP contribution in [0.2, 0.25) is 5.02 Å². The Bertz CT molecular complexity index is 833. The Morgan fingerprint density at radius 3 is 2.93 bits per heavy atom. The molecule has 3 rings (SSSR count). The first-order valence-electron chi connectivity index (χ1n) is 8.98. The molecule has 1 aromatic carbocycles. The van der Waals surface area contributed by atoms with Gasteiger partial charge in [0.25, 0.3) is 5.69 Å². The second-order valence-corrected chi connectivity index (χ2v) is 6.92. The molecular formula is C18H22ClN5O3. The van der Waals surface area contributed by atoms with Crippen molar-refractivity contribution in [1.29, 1.82) is 0 Å². The molecule has 0 amide bonds. The molecule has 0 saturated carbocycles. The quantitative estimate of drug-likeness (QED) is 0.547. The van der Waals surface area contributed by atoms with E-state index in [1.165, 1.54) is 12.1 Å². The second-order valence-electron chi connectivity index (χ2n) is 6.51. The lowest BCUT2D eigenvalue weighted by atomic mass is 10.2. The highest BCUT2D eigenvalue weighted by Crippen LogP contribution is 2.30. The summed E-state index contributed by atoms with van der Waals surface area (Å²) in [4.78, 5) is 21.8. The molecule has 1 aliphatic heterocycles. The number of aromatic nitrogens is 2. The third kappa shape index (κ3) is 4.45. The van der Waals surface area contributed by atoms with E-state index in [1.54, 1.807) is 6.07 Å². The first-order chi connectivity index (χ1) is 13.0. The molecule has 1 atom stereocenters. The lowest BCUT2D eigenvalue weighted by Crippen LogP contribution is -2.33. The molecule has 0 aliphatic carbocycles. The van der Waals surface area contributed by atoms with Gasteiger partial charge in [-0.3, -0.25) is 10.1 Å². The molecular weight excluding hydrogens is 370 g/mol. The smallest absolute Gasteiger partial charge is 0.289 e. The Hall–Kier alpha value is -2.45. The van der Waals surface area contributed by atoms with Gasteiger partial charge in [-0.2, -0.15) is 4.98 Å². The Balaban J connectivity index is 1.93. The number of aryl methyl sites for hydroxylation is 1. The molecule has 0 spiro atoms. The predicted molar refractivity (Wildman–Crippen MR) is 105 cm³/mol. The van der Waals surface area contributed by atoms with Crippen LogP contribution >= 0.6 is 11.6 Å². The van der Waals surface area contributed by atoms with Gasteiger partial charge >= 0.3 is 0 Å². The maximum atomic E-state index is 11.1. The minimum atomic E-state index is -0.524. The van der Waals surface area contributed by atoms with Crippen LogP contribution in [0.15, 0.2) is 24.3 Å². The number of aliphatic hydroxyl groups is 1. The van der Waals surface area contributed by atoms with Crippen molar-refractivity contribution in [3.05, 3.63) is 45.1 Å². The Kier molecular flexibility index (Phi) is 6.08. The molecule has 27 heavy (non-hydrogen) atoms. The maximum absolute atomic E-state index is 11.1. The van der Waals surface area contributed by atoms with Crippen molar-refractivity contribution in [3.63, 3.8) is 0 Å². The average molecular weight is 392 g/mol. The molecule has 0 radical (unpaired) electrons. The number of hydrogen-bond donors (Lipinski definition) is 2. The SMILES string of the molecule is CCCc1cc(N2CCC[C@H]2CO)nc(Nc2ccc(Cl)c([N+](=O)[O-])c2)n1. The van der Waals surface area contributed by atoms with Crippen LogP contribution in [0.4, 0.5) is 23.1 Å². The number of anilines is 3. The Labute approximate surface area is 162 Å². The van der Waals surface area contributed by atoms with Gasteiger partial charge in [-0.05, 0) is 31.4 Å². The lowest BCUT2D eigenvalue weighted by Gasteiger charge is -2.25. The van der Waals surface area contributed by atoms with Gasteiger partial charge in [0, 0.05) is 30.1 Å².